The van der Waals surface area contributed by atoms with Gasteiger partial charge in [0.05, 0.1) is 12.0 Å². The molecule has 0 spiro atoms. The van der Waals surface area contributed by atoms with E-state index < -0.39 is 23.6 Å². The summed E-state index contributed by atoms with van der Waals surface area (Å²) in [5.74, 6) is -1.60. The van der Waals surface area contributed by atoms with Crippen molar-refractivity contribution >= 4 is 11.8 Å². The zero-order valence-electron chi connectivity index (χ0n) is 9.86. The number of aliphatic hydroxyl groups excluding tert-OH is 1. The van der Waals surface area contributed by atoms with Crippen LogP contribution in [0.5, 0.6) is 0 Å². The first-order valence-corrected chi connectivity index (χ1v) is 5.02. The predicted molar refractivity (Wildman–Crippen MR) is 55.7 cm³/mol. The Bertz CT molecular complexity index is 348. The van der Waals surface area contributed by atoms with Crippen LogP contribution in [0.3, 0.4) is 0 Å². The highest BCUT2D eigenvalue weighted by atomic mass is 16.7. The Morgan fingerprint density at radius 2 is 2.06 bits per heavy atom. The molecule has 0 amide bonds. The zero-order valence-corrected chi connectivity index (χ0v) is 9.86. The van der Waals surface area contributed by atoms with Crippen LogP contribution >= 0.6 is 0 Å². The van der Waals surface area contributed by atoms with Crippen molar-refractivity contribution < 1.29 is 24.2 Å². The zero-order chi connectivity index (χ0) is 12.5. The van der Waals surface area contributed by atoms with E-state index in [1.54, 1.807) is 0 Å². The van der Waals surface area contributed by atoms with E-state index in [1.165, 1.54) is 6.92 Å². The Balaban J connectivity index is 2.83. The fourth-order valence-corrected chi connectivity index (χ4v) is 1.40. The van der Waals surface area contributed by atoms with Gasteiger partial charge in [0.2, 0.25) is 6.29 Å². The summed E-state index contributed by atoms with van der Waals surface area (Å²) in [6.07, 6.45) is -0.826. The summed E-state index contributed by atoms with van der Waals surface area (Å²) in [5, 5.41) is 9.55. The molecule has 1 rings (SSSR count). The van der Waals surface area contributed by atoms with Crippen molar-refractivity contribution in [1.29, 1.82) is 0 Å². The first-order chi connectivity index (χ1) is 7.20. The normalized spacial score (nSPS) is 22.0. The molecular formula is C11H16O5. The third kappa shape index (κ3) is 3.06. The molecule has 0 bridgehead atoms. The lowest BCUT2D eigenvalue weighted by molar-refractivity contribution is -0.204. The van der Waals surface area contributed by atoms with E-state index in [-0.39, 0.29) is 17.8 Å². The monoisotopic (exact) mass is 228 g/mol. The van der Waals surface area contributed by atoms with Crippen LogP contribution in [0.15, 0.2) is 11.3 Å². The molecule has 0 aromatic heterocycles. The molecule has 0 aliphatic carbocycles. The fraction of sp³-hybridized carbons (Fsp3) is 0.636. The third-order valence-electron chi connectivity index (χ3n) is 1.93. The second-order valence-corrected chi connectivity index (χ2v) is 4.65. The van der Waals surface area contributed by atoms with E-state index in [0.717, 1.165) is 0 Å². The van der Waals surface area contributed by atoms with Gasteiger partial charge < -0.3 is 14.6 Å². The lowest BCUT2D eigenvalue weighted by Gasteiger charge is -2.29. The third-order valence-corrected chi connectivity index (χ3v) is 1.93. The molecule has 1 aliphatic heterocycles. The number of aliphatic hydroxyl groups is 1. The minimum absolute atomic E-state index is 0.0118. The molecule has 1 heterocycles. The smallest absolute Gasteiger partial charge is 0.347 e. The number of ether oxygens (including phenoxy) is 2. The van der Waals surface area contributed by atoms with Crippen LogP contribution in [0.4, 0.5) is 0 Å². The van der Waals surface area contributed by atoms with E-state index in [4.69, 9.17) is 9.47 Å². The van der Waals surface area contributed by atoms with Crippen LogP contribution in [0.1, 0.15) is 34.1 Å². The van der Waals surface area contributed by atoms with E-state index in [0.29, 0.717) is 0 Å². The molecule has 5 heteroatoms. The Morgan fingerprint density at radius 1 is 1.50 bits per heavy atom. The highest BCUT2D eigenvalue weighted by Crippen LogP contribution is 2.24. The van der Waals surface area contributed by atoms with Crippen LogP contribution in [0.2, 0.25) is 0 Å². The molecule has 0 radical (unpaired) electrons. The number of Topliss-reactive ketones (excluding diaryl/α,β-unsaturated/α-hetero) is 1. The maximum Gasteiger partial charge on any atom is 0.347 e. The average molecular weight is 228 g/mol. The number of rotatable bonds is 2. The second-order valence-electron chi connectivity index (χ2n) is 4.65. The Kier molecular flexibility index (Phi) is 3.38. The Morgan fingerprint density at radius 3 is 2.44 bits per heavy atom. The Hall–Kier alpha value is -1.36. The highest BCUT2D eigenvalue weighted by Gasteiger charge is 2.34. The molecule has 0 saturated heterocycles. The number of esters is 1. The van der Waals surface area contributed by atoms with Gasteiger partial charge in [-0.05, 0) is 27.7 Å². The van der Waals surface area contributed by atoms with Gasteiger partial charge in [0.25, 0.3) is 0 Å². The van der Waals surface area contributed by atoms with E-state index >= 15 is 0 Å². The van der Waals surface area contributed by atoms with Gasteiger partial charge in [-0.15, -0.1) is 0 Å². The topological polar surface area (TPSA) is 72.8 Å². The maximum atomic E-state index is 11.4. The molecule has 1 atom stereocenters. The van der Waals surface area contributed by atoms with Crippen molar-refractivity contribution in [3.63, 3.8) is 0 Å². The molecule has 0 aromatic carbocycles. The van der Waals surface area contributed by atoms with Crippen LogP contribution in [-0.4, -0.2) is 28.8 Å². The van der Waals surface area contributed by atoms with E-state index in [2.05, 4.69) is 0 Å². The molecule has 5 nitrogen and oxygen atoms in total. The Labute approximate surface area is 94.0 Å². The summed E-state index contributed by atoms with van der Waals surface area (Å²) < 4.78 is 10.3. The predicted octanol–water partition coefficient (Wildman–Crippen LogP) is 1.48. The lowest BCUT2D eigenvalue weighted by Crippen LogP contribution is -2.36. The van der Waals surface area contributed by atoms with Crippen molar-refractivity contribution in [3.05, 3.63) is 11.3 Å². The number of carbonyl (C=O) groups is 2. The number of hydrogen-bond donors (Lipinski definition) is 1. The molecule has 16 heavy (non-hydrogen) atoms. The van der Waals surface area contributed by atoms with Gasteiger partial charge in [-0.25, -0.2) is 4.79 Å². The van der Waals surface area contributed by atoms with Crippen LogP contribution in [0, 0.1) is 0 Å². The van der Waals surface area contributed by atoms with Crippen molar-refractivity contribution in [2.45, 2.75) is 46.0 Å². The number of hydrogen-bond acceptors (Lipinski definition) is 5. The van der Waals surface area contributed by atoms with Crippen molar-refractivity contribution in [2.24, 2.45) is 0 Å². The molecule has 1 unspecified atom stereocenters. The molecule has 0 saturated carbocycles. The molecule has 0 aromatic rings. The molecule has 1 N–H and O–H groups in total. The standard InChI is InChI=1S/C11H16O5/c1-6(12)9-7(13)5-8(15-10(9)14)16-11(2,3)4/h8,13H,5H2,1-4H3. The molecular weight excluding hydrogens is 212 g/mol. The molecule has 90 valence electrons. The SMILES string of the molecule is CC(=O)C1=C(O)CC(OC(C)(C)C)OC1=O. The van der Waals surface area contributed by atoms with Gasteiger partial charge >= 0.3 is 5.97 Å². The largest absolute Gasteiger partial charge is 0.511 e. The lowest BCUT2D eigenvalue weighted by atomic mass is 10.1. The summed E-state index contributed by atoms with van der Waals surface area (Å²) in [7, 11) is 0. The van der Waals surface area contributed by atoms with Crippen molar-refractivity contribution in [3.8, 4) is 0 Å². The summed E-state index contributed by atoms with van der Waals surface area (Å²) in [6, 6.07) is 0. The van der Waals surface area contributed by atoms with Gasteiger partial charge in [0, 0.05) is 0 Å². The number of cyclic esters (lactones) is 1. The van der Waals surface area contributed by atoms with Gasteiger partial charge in [-0.1, -0.05) is 0 Å². The molecule has 0 fully saturated rings. The first kappa shape index (κ1) is 12.7. The van der Waals surface area contributed by atoms with Gasteiger partial charge in [-0.2, -0.15) is 0 Å². The van der Waals surface area contributed by atoms with Gasteiger partial charge in [-0.3, -0.25) is 4.79 Å². The van der Waals surface area contributed by atoms with Crippen molar-refractivity contribution in [1.82, 2.24) is 0 Å². The summed E-state index contributed by atoms with van der Waals surface area (Å²) >= 11 is 0. The van der Waals surface area contributed by atoms with E-state index in [9.17, 15) is 14.7 Å². The summed E-state index contributed by atoms with van der Waals surface area (Å²) in [6.45, 7) is 6.63. The minimum Gasteiger partial charge on any atom is -0.511 e. The van der Waals surface area contributed by atoms with Gasteiger partial charge in [0.15, 0.2) is 5.78 Å². The minimum atomic E-state index is -0.837. The number of ketones is 1. The van der Waals surface area contributed by atoms with Crippen LogP contribution in [0.25, 0.3) is 0 Å². The second kappa shape index (κ2) is 4.25. The van der Waals surface area contributed by atoms with E-state index in [1.807, 2.05) is 20.8 Å². The molecule has 1 aliphatic rings. The summed E-state index contributed by atoms with van der Waals surface area (Å²) in [4.78, 5) is 22.5. The maximum absolute atomic E-state index is 11.4. The quantitative estimate of drug-likeness (QED) is 0.572. The average Bonchev–Trinajstić information content (AvgIpc) is 1.96. The first-order valence-electron chi connectivity index (χ1n) is 5.02. The summed E-state index contributed by atoms with van der Waals surface area (Å²) in [5.41, 5.74) is -0.771. The fourth-order valence-electron chi connectivity index (χ4n) is 1.40. The number of carbonyl (C=O) groups excluding carboxylic acids is 2. The highest BCUT2D eigenvalue weighted by molar-refractivity contribution is 6.17. The van der Waals surface area contributed by atoms with Gasteiger partial charge in [0.1, 0.15) is 11.3 Å². The van der Waals surface area contributed by atoms with Crippen molar-refractivity contribution in [2.75, 3.05) is 0 Å². The van der Waals surface area contributed by atoms with Crippen LogP contribution < -0.4 is 0 Å². The van der Waals surface area contributed by atoms with Crippen LogP contribution in [-0.2, 0) is 19.1 Å².